The first-order valence-electron chi connectivity index (χ1n) is 10.0. The molecular weight excluding hydrogens is 375 g/mol. The number of aliphatic imine (C=N–C) groups is 2. The molecule has 2 rings (SSSR count). The normalized spacial score (nSPS) is 11.6. The van der Waals surface area contributed by atoms with Crippen LogP contribution in [0.25, 0.3) is 0 Å². The van der Waals surface area contributed by atoms with Gasteiger partial charge in [-0.2, -0.15) is 0 Å². The predicted molar refractivity (Wildman–Crippen MR) is 116 cm³/mol. The number of hydrogen-bond acceptors (Lipinski definition) is 2. The number of rotatable bonds is 10. The molecule has 0 spiro atoms. The van der Waals surface area contributed by atoms with Gasteiger partial charge in [0.2, 0.25) is 0 Å². The van der Waals surface area contributed by atoms with Crippen molar-refractivity contribution in [3.05, 3.63) is 59.7 Å². The Bertz CT molecular complexity index is 720. The molecule has 0 aliphatic carbocycles. The molecule has 0 fully saturated rings. The van der Waals surface area contributed by atoms with E-state index in [2.05, 4.69) is 44.0 Å². The summed E-state index contributed by atoms with van der Waals surface area (Å²) < 4.78 is 0. The van der Waals surface area contributed by atoms with Crippen molar-refractivity contribution < 1.29 is 16.5 Å². The molecular formula is C24H32N2Ni. The molecule has 0 amide bonds. The van der Waals surface area contributed by atoms with Crippen LogP contribution in [0.15, 0.2) is 58.5 Å². The first-order chi connectivity index (χ1) is 12.8. The summed E-state index contributed by atoms with van der Waals surface area (Å²) in [4.78, 5) is 9.53. The maximum atomic E-state index is 4.92. The second-order valence-corrected chi connectivity index (χ2v) is 6.75. The summed E-state index contributed by atoms with van der Waals surface area (Å²) in [6.07, 6.45) is 9.83. The predicted octanol–water partition coefficient (Wildman–Crippen LogP) is 7.25. The van der Waals surface area contributed by atoms with Gasteiger partial charge in [0, 0.05) is 22.7 Å². The molecule has 0 saturated carbocycles. The molecule has 0 N–H and O–H groups in total. The monoisotopic (exact) mass is 406 g/mol. The van der Waals surface area contributed by atoms with Crippen LogP contribution in [0.3, 0.4) is 0 Å². The molecule has 0 saturated heterocycles. The van der Waals surface area contributed by atoms with Crippen LogP contribution in [0.4, 0.5) is 11.4 Å². The van der Waals surface area contributed by atoms with Gasteiger partial charge in [0.1, 0.15) is 0 Å². The van der Waals surface area contributed by atoms with E-state index >= 15 is 0 Å². The summed E-state index contributed by atoms with van der Waals surface area (Å²) in [7, 11) is 0. The Morgan fingerprint density at radius 3 is 2.19 bits per heavy atom. The van der Waals surface area contributed by atoms with Crippen molar-refractivity contribution >= 4 is 23.3 Å². The van der Waals surface area contributed by atoms with Gasteiger partial charge in [0.05, 0.1) is 17.1 Å². The Kier molecular flexibility index (Phi) is 11.6. The molecule has 2 aromatic carbocycles. The topological polar surface area (TPSA) is 24.7 Å². The van der Waals surface area contributed by atoms with Crippen molar-refractivity contribution in [2.24, 2.45) is 9.98 Å². The van der Waals surface area contributed by atoms with Crippen molar-refractivity contribution in [1.29, 1.82) is 0 Å². The second-order valence-electron chi connectivity index (χ2n) is 6.75. The van der Waals surface area contributed by atoms with Crippen LogP contribution in [0.1, 0.15) is 64.0 Å². The molecule has 0 aliphatic rings. The van der Waals surface area contributed by atoms with Crippen LogP contribution in [-0.4, -0.2) is 11.9 Å². The minimum absolute atomic E-state index is 0. The van der Waals surface area contributed by atoms with E-state index in [1.807, 2.05) is 36.5 Å². The van der Waals surface area contributed by atoms with Gasteiger partial charge in [0.25, 0.3) is 0 Å². The van der Waals surface area contributed by atoms with Gasteiger partial charge in [0.15, 0.2) is 0 Å². The fraction of sp³-hybridized carbons (Fsp3) is 0.417. The molecule has 0 unspecified atom stereocenters. The van der Waals surface area contributed by atoms with E-state index in [9.17, 15) is 0 Å². The quantitative estimate of drug-likeness (QED) is 0.293. The van der Waals surface area contributed by atoms with Gasteiger partial charge in [-0.3, -0.25) is 9.98 Å². The average molecular weight is 407 g/mol. The molecule has 0 aromatic heterocycles. The van der Waals surface area contributed by atoms with Crippen molar-refractivity contribution in [2.45, 2.75) is 65.7 Å². The zero-order valence-electron chi connectivity index (χ0n) is 16.9. The SMILES string of the molecule is CCCCC(/C=N/c1ccccc1)=N\c1ccc(CCC)c(CCC)c1.[Ni]. The first kappa shape index (κ1) is 23.3. The van der Waals surface area contributed by atoms with Crippen LogP contribution in [0, 0.1) is 0 Å². The zero-order chi connectivity index (χ0) is 18.6. The van der Waals surface area contributed by atoms with Gasteiger partial charge in [-0.25, -0.2) is 0 Å². The Hall–Kier alpha value is -1.73. The number of unbranched alkanes of at least 4 members (excludes halogenated alkanes) is 1. The largest absolute Gasteiger partial charge is 0.255 e. The molecule has 0 bridgehead atoms. The zero-order valence-corrected chi connectivity index (χ0v) is 17.8. The van der Waals surface area contributed by atoms with Crippen molar-refractivity contribution in [3.8, 4) is 0 Å². The van der Waals surface area contributed by atoms with Crippen molar-refractivity contribution in [1.82, 2.24) is 0 Å². The summed E-state index contributed by atoms with van der Waals surface area (Å²) in [5.74, 6) is 0. The number of aryl methyl sites for hydroxylation is 2. The summed E-state index contributed by atoms with van der Waals surface area (Å²) in [6.45, 7) is 6.69. The second kappa shape index (κ2) is 13.4. The van der Waals surface area contributed by atoms with Gasteiger partial charge in [-0.05, 0) is 61.1 Å². The summed E-state index contributed by atoms with van der Waals surface area (Å²) >= 11 is 0. The minimum Gasteiger partial charge on any atom is -0.255 e. The maximum Gasteiger partial charge on any atom is 0.0636 e. The number of para-hydroxylation sites is 1. The smallest absolute Gasteiger partial charge is 0.0636 e. The number of hydrogen-bond donors (Lipinski definition) is 0. The summed E-state index contributed by atoms with van der Waals surface area (Å²) in [5.41, 5.74) is 6.01. The van der Waals surface area contributed by atoms with Crippen LogP contribution in [0.5, 0.6) is 0 Å². The number of nitrogens with zero attached hydrogens (tertiary/aromatic N) is 2. The first-order valence-corrected chi connectivity index (χ1v) is 10.0. The van der Waals surface area contributed by atoms with Crippen molar-refractivity contribution in [3.63, 3.8) is 0 Å². The molecule has 0 atom stereocenters. The molecule has 0 heterocycles. The third-order valence-corrected chi connectivity index (χ3v) is 4.41. The third kappa shape index (κ3) is 8.22. The fourth-order valence-electron chi connectivity index (χ4n) is 3.03. The molecule has 0 aliphatic heterocycles. The average Bonchev–Trinajstić information content (AvgIpc) is 2.67. The molecule has 3 heteroatoms. The minimum atomic E-state index is 0. The standard InChI is InChI=1S/C24H32N2.Ni/c1-4-7-13-24(19-25-22-14-9-8-10-15-22)26-23-17-16-20(11-5-2)21(18-23)12-6-3;/h8-10,14-19H,4-7,11-13H2,1-3H3;/b25-19+,26-24+;. The Morgan fingerprint density at radius 1 is 0.815 bits per heavy atom. The van der Waals surface area contributed by atoms with Crippen LogP contribution in [-0.2, 0) is 29.3 Å². The van der Waals surface area contributed by atoms with Gasteiger partial charge < -0.3 is 0 Å². The summed E-state index contributed by atoms with van der Waals surface area (Å²) in [6, 6.07) is 16.8. The maximum absolute atomic E-state index is 4.92. The van der Waals surface area contributed by atoms with Crippen molar-refractivity contribution in [2.75, 3.05) is 0 Å². The number of benzene rings is 2. The Morgan fingerprint density at radius 2 is 1.52 bits per heavy atom. The van der Waals surface area contributed by atoms with Gasteiger partial charge in [-0.15, -0.1) is 0 Å². The van der Waals surface area contributed by atoms with Crippen LogP contribution in [0.2, 0.25) is 0 Å². The van der Waals surface area contributed by atoms with E-state index in [0.717, 1.165) is 49.2 Å². The fourth-order valence-corrected chi connectivity index (χ4v) is 3.03. The molecule has 27 heavy (non-hydrogen) atoms. The van der Waals surface area contributed by atoms with Crippen LogP contribution < -0.4 is 0 Å². The molecule has 2 aromatic rings. The van der Waals surface area contributed by atoms with E-state index < -0.39 is 0 Å². The van der Waals surface area contributed by atoms with E-state index in [1.165, 1.54) is 24.0 Å². The Balaban J connectivity index is 0.00000364. The van der Waals surface area contributed by atoms with E-state index in [0.29, 0.717) is 0 Å². The molecule has 2 nitrogen and oxygen atoms in total. The third-order valence-electron chi connectivity index (χ3n) is 4.41. The molecule has 148 valence electrons. The van der Waals surface area contributed by atoms with Gasteiger partial charge in [-0.1, -0.05) is 64.3 Å². The summed E-state index contributed by atoms with van der Waals surface area (Å²) in [5, 5.41) is 0. The molecule has 0 radical (unpaired) electrons. The van der Waals surface area contributed by atoms with Gasteiger partial charge >= 0.3 is 0 Å². The van der Waals surface area contributed by atoms with E-state index in [4.69, 9.17) is 4.99 Å². The van der Waals surface area contributed by atoms with Crippen LogP contribution >= 0.6 is 0 Å². The van der Waals surface area contributed by atoms with E-state index in [1.54, 1.807) is 0 Å². The van der Waals surface area contributed by atoms with E-state index in [-0.39, 0.29) is 16.5 Å². The Labute approximate surface area is 175 Å².